The van der Waals surface area contributed by atoms with Crippen LogP contribution in [0.4, 0.5) is 0 Å². The Balaban J connectivity index is 1.47. The third-order valence-corrected chi connectivity index (χ3v) is 4.46. The highest BCUT2D eigenvalue weighted by Gasteiger charge is 2.21. The van der Waals surface area contributed by atoms with Gasteiger partial charge in [-0.05, 0) is 36.6 Å². The first-order valence-electron chi connectivity index (χ1n) is 8.93. The van der Waals surface area contributed by atoms with Crippen LogP contribution in [0.15, 0.2) is 54.6 Å². The Morgan fingerprint density at radius 3 is 2.42 bits per heavy atom. The van der Waals surface area contributed by atoms with Crippen LogP contribution in [0, 0.1) is 0 Å². The van der Waals surface area contributed by atoms with Crippen LogP contribution in [0.3, 0.4) is 0 Å². The van der Waals surface area contributed by atoms with E-state index >= 15 is 0 Å². The third-order valence-electron chi connectivity index (χ3n) is 4.46. The molecule has 1 aliphatic rings. The summed E-state index contributed by atoms with van der Waals surface area (Å²) >= 11 is 0. The summed E-state index contributed by atoms with van der Waals surface area (Å²) in [6, 6.07) is 19.3. The van der Waals surface area contributed by atoms with Crippen molar-refractivity contribution in [2.45, 2.75) is 32.6 Å². The van der Waals surface area contributed by atoms with Gasteiger partial charge in [0.2, 0.25) is 0 Å². The number of hydrogen-bond donors (Lipinski definition) is 1. The van der Waals surface area contributed by atoms with Gasteiger partial charge < -0.3 is 10.1 Å². The molecule has 1 aliphatic heterocycles. The van der Waals surface area contributed by atoms with Gasteiger partial charge in [0.05, 0.1) is 12.2 Å². The van der Waals surface area contributed by atoms with Gasteiger partial charge in [-0.1, -0.05) is 48.5 Å². The molecule has 0 aromatic heterocycles. The molecule has 2 atom stereocenters. The molecule has 1 heterocycles. The van der Waals surface area contributed by atoms with Gasteiger partial charge in [0, 0.05) is 32.7 Å². The van der Waals surface area contributed by atoms with E-state index in [4.69, 9.17) is 4.74 Å². The number of nitrogens with one attached hydrogen (secondary N) is 1. The van der Waals surface area contributed by atoms with Crippen molar-refractivity contribution in [3.05, 3.63) is 60.2 Å². The van der Waals surface area contributed by atoms with Crippen molar-refractivity contribution < 1.29 is 4.74 Å². The van der Waals surface area contributed by atoms with E-state index in [0.29, 0.717) is 12.2 Å². The maximum absolute atomic E-state index is 5.79. The zero-order valence-electron chi connectivity index (χ0n) is 14.7. The standard InChI is InChI=1S/C21H28N2O/c1-17-15-23(16-18(2)24-17)12-11-22-14-19-7-6-10-21(13-19)20-8-4-3-5-9-20/h3-10,13,17-18,22H,11-12,14-16H2,1-2H3/t17-,18+. The van der Waals surface area contributed by atoms with Crippen molar-refractivity contribution in [2.75, 3.05) is 26.2 Å². The molecule has 0 aliphatic carbocycles. The number of benzene rings is 2. The van der Waals surface area contributed by atoms with E-state index in [0.717, 1.165) is 32.7 Å². The van der Waals surface area contributed by atoms with Crippen molar-refractivity contribution in [2.24, 2.45) is 0 Å². The molecule has 24 heavy (non-hydrogen) atoms. The van der Waals surface area contributed by atoms with Gasteiger partial charge in [-0.3, -0.25) is 4.90 Å². The molecule has 2 aromatic rings. The van der Waals surface area contributed by atoms with Crippen LogP contribution >= 0.6 is 0 Å². The quantitative estimate of drug-likeness (QED) is 0.823. The van der Waals surface area contributed by atoms with Crippen LogP contribution in [-0.2, 0) is 11.3 Å². The fourth-order valence-electron chi connectivity index (χ4n) is 3.43. The Morgan fingerprint density at radius 2 is 1.67 bits per heavy atom. The largest absolute Gasteiger partial charge is 0.373 e. The summed E-state index contributed by atoms with van der Waals surface area (Å²) in [6.45, 7) is 9.39. The molecule has 1 fully saturated rings. The lowest BCUT2D eigenvalue weighted by Crippen LogP contribution is -2.47. The lowest BCUT2D eigenvalue weighted by Gasteiger charge is -2.35. The Bertz CT molecular complexity index is 619. The fourth-order valence-corrected chi connectivity index (χ4v) is 3.43. The van der Waals surface area contributed by atoms with Gasteiger partial charge in [-0.15, -0.1) is 0 Å². The van der Waals surface area contributed by atoms with Crippen LogP contribution in [0.2, 0.25) is 0 Å². The Hall–Kier alpha value is -1.68. The SMILES string of the molecule is C[C@@H]1CN(CCNCc2cccc(-c3ccccc3)c2)C[C@H](C)O1. The van der Waals surface area contributed by atoms with Crippen LogP contribution < -0.4 is 5.32 Å². The second-order valence-corrected chi connectivity index (χ2v) is 6.76. The second kappa shape index (κ2) is 8.43. The minimum atomic E-state index is 0.344. The van der Waals surface area contributed by atoms with Crippen LogP contribution in [0.25, 0.3) is 11.1 Å². The highest BCUT2D eigenvalue weighted by molar-refractivity contribution is 5.63. The van der Waals surface area contributed by atoms with Crippen molar-refractivity contribution in [3.8, 4) is 11.1 Å². The predicted molar refractivity (Wildman–Crippen MR) is 100 cm³/mol. The average molecular weight is 324 g/mol. The van der Waals surface area contributed by atoms with Crippen LogP contribution in [0.1, 0.15) is 19.4 Å². The second-order valence-electron chi connectivity index (χ2n) is 6.76. The topological polar surface area (TPSA) is 24.5 Å². The van der Waals surface area contributed by atoms with Crippen molar-refractivity contribution in [1.29, 1.82) is 0 Å². The molecule has 0 unspecified atom stereocenters. The van der Waals surface area contributed by atoms with Crippen LogP contribution in [0.5, 0.6) is 0 Å². The zero-order valence-corrected chi connectivity index (χ0v) is 14.7. The Labute approximate surface area is 145 Å². The summed E-state index contributed by atoms with van der Waals surface area (Å²) in [5, 5.41) is 3.57. The van der Waals surface area contributed by atoms with E-state index in [1.807, 2.05) is 0 Å². The highest BCUT2D eigenvalue weighted by atomic mass is 16.5. The van der Waals surface area contributed by atoms with Gasteiger partial charge >= 0.3 is 0 Å². The smallest absolute Gasteiger partial charge is 0.0678 e. The number of morpholine rings is 1. The first kappa shape index (κ1) is 17.2. The van der Waals surface area contributed by atoms with E-state index < -0.39 is 0 Å². The Morgan fingerprint density at radius 1 is 0.958 bits per heavy atom. The molecule has 1 saturated heterocycles. The zero-order chi connectivity index (χ0) is 16.8. The maximum Gasteiger partial charge on any atom is 0.0678 e. The number of hydrogen-bond acceptors (Lipinski definition) is 3. The van der Waals surface area contributed by atoms with Crippen molar-refractivity contribution >= 4 is 0 Å². The predicted octanol–water partition coefficient (Wildman–Crippen LogP) is 3.55. The first-order valence-corrected chi connectivity index (χ1v) is 8.93. The molecule has 0 amide bonds. The van der Waals surface area contributed by atoms with Gasteiger partial charge in [0.25, 0.3) is 0 Å². The third kappa shape index (κ3) is 4.91. The monoisotopic (exact) mass is 324 g/mol. The molecule has 2 aromatic carbocycles. The molecular weight excluding hydrogens is 296 g/mol. The maximum atomic E-state index is 5.79. The fraction of sp³-hybridized carbons (Fsp3) is 0.429. The highest BCUT2D eigenvalue weighted by Crippen LogP contribution is 2.19. The number of ether oxygens (including phenoxy) is 1. The summed E-state index contributed by atoms with van der Waals surface area (Å²) in [6.07, 6.45) is 0.688. The molecule has 1 N–H and O–H groups in total. The molecule has 0 radical (unpaired) electrons. The van der Waals surface area contributed by atoms with E-state index in [-0.39, 0.29) is 0 Å². The van der Waals surface area contributed by atoms with Gasteiger partial charge in [0.15, 0.2) is 0 Å². The minimum absolute atomic E-state index is 0.344. The summed E-state index contributed by atoms with van der Waals surface area (Å²) < 4.78 is 5.79. The lowest BCUT2D eigenvalue weighted by molar-refractivity contribution is -0.0674. The van der Waals surface area contributed by atoms with Gasteiger partial charge in [0.1, 0.15) is 0 Å². The molecule has 0 spiro atoms. The van der Waals surface area contributed by atoms with E-state index in [1.165, 1.54) is 16.7 Å². The Kier molecular flexibility index (Phi) is 6.02. The molecule has 0 bridgehead atoms. The normalized spacial score (nSPS) is 21.8. The molecular formula is C21H28N2O. The van der Waals surface area contributed by atoms with E-state index in [9.17, 15) is 0 Å². The van der Waals surface area contributed by atoms with Crippen molar-refractivity contribution in [3.63, 3.8) is 0 Å². The summed E-state index contributed by atoms with van der Waals surface area (Å²) in [4.78, 5) is 2.49. The summed E-state index contributed by atoms with van der Waals surface area (Å²) in [5.41, 5.74) is 3.89. The van der Waals surface area contributed by atoms with Crippen LogP contribution in [-0.4, -0.2) is 43.3 Å². The van der Waals surface area contributed by atoms with E-state index in [2.05, 4.69) is 78.7 Å². The van der Waals surface area contributed by atoms with Gasteiger partial charge in [-0.2, -0.15) is 0 Å². The average Bonchev–Trinajstić information content (AvgIpc) is 2.59. The van der Waals surface area contributed by atoms with Gasteiger partial charge in [-0.25, -0.2) is 0 Å². The summed E-state index contributed by atoms with van der Waals surface area (Å²) in [7, 11) is 0. The number of rotatable bonds is 6. The minimum Gasteiger partial charge on any atom is -0.373 e. The molecule has 128 valence electrons. The molecule has 3 nitrogen and oxygen atoms in total. The van der Waals surface area contributed by atoms with Crippen molar-refractivity contribution in [1.82, 2.24) is 10.2 Å². The molecule has 3 rings (SSSR count). The first-order chi connectivity index (χ1) is 11.7. The number of nitrogens with zero attached hydrogens (tertiary/aromatic N) is 1. The molecule has 3 heteroatoms. The lowest BCUT2D eigenvalue weighted by atomic mass is 10.0. The molecule has 0 saturated carbocycles. The van der Waals surface area contributed by atoms with E-state index in [1.54, 1.807) is 0 Å². The summed E-state index contributed by atoms with van der Waals surface area (Å²) in [5.74, 6) is 0.